The van der Waals surface area contributed by atoms with Crippen LogP contribution in [-0.4, -0.2) is 15.7 Å². The SMILES string of the molecule is Cc1nn(C)c(C)c1CNC(=O)/C=C\c1ccc(Cl)c(Cl)c1. The summed E-state index contributed by atoms with van der Waals surface area (Å²) in [5.41, 5.74) is 3.83. The maximum atomic E-state index is 11.9. The first-order chi connectivity index (χ1) is 10.4. The summed E-state index contributed by atoms with van der Waals surface area (Å²) in [4.78, 5) is 11.9. The lowest BCUT2D eigenvalue weighted by Crippen LogP contribution is -2.21. The molecule has 0 atom stereocenters. The Morgan fingerprint density at radius 1 is 1.32 bits per heavy atom. The van der Waals surface area contributed by atoms with Crippen molar-refractivity contribution in [2.75, 3.05) is 0 Å². The standard InChI is InChI=1S/C16H17Cl2N3O/c1-10-13(11(2)21(3)20-10)9-19-16(22)7-5-12-4-6-14(17)15(18)8-12/h4-8H,9H2,1-3H3,(H,19,22)/b7-5-. The van der Waals surface area contributed by atoms with E-state index in [2.05, 4.69) is 10.4 Å². The lowest BCUT2D eigenvalue weighted by molar-refractivity contribution is -0.116. The van der Waals surface area contributed by atoms with E-state index in [1.165, 1.54) is 6.08 Å². The van der Waals surface area contributed by atoms with Crippen LogP contribution in [0.2, 0.25) is 10.0 Å². The summed E-state index contributed by atoms with van der Waals surface area (Å²) in [6.45, 7) is 4.36. The molecule has 2 rings (SSSR count). The molecule has 1 amide bonds. The van der Waals surface area contributed by atoms with Crippen LogP contribution in [-0.2, 0) is 18.4 Å². The van der Waals surface area contributed by atoms with E-state index >= 15 is 0 Å². The zero-order valence-electron chi connectivity index (χ0n) is 12.7. The number of aromatic nitrogens is 2. The Morgan fingerprint density at radius 3 is 2.64 bits per heavy atom. The molecule has 1 heterocycles. The molecule has 0 aliphatic rings. The lowest BCUT2D eigenvalue weighted by Gasteiger charge is -2.03. The van der Waals surface area contributed by atoms with Gasteiger partial charge < -0.3 is 5.32 Å². The number of rotatable bonds is 4. The van der Waals surface area contributed by atoms with E-state index in [-0.39, 0.29) is 5.91 Å². The normalized spacial score (nSPS) is 11.1. The van der Waals surface area contributed by atoms with Gasteiger partial charge in [0, 0.05) is 30.9 Å². The van der Waals surface area contributed by atoms with Crippen LogP contribution in [0.15, 0.2) is 24.3 Å². The van der Waals surface area contributed by atoms with Gasteiger partial charge in [-0.2, -0.15) is 5.10 Å². The van der Waals surface area contributed by atoms with Crippen molar-refractivity contribution >= 4 is 35.2 Å². The molecule has 0 unspecified atom stereocenters. The van der Waals surface area contributed by atoms with Gasteiger partial charge in [-0.1, -0.05) is 29.3 Å². The first-order valence-corrected chi connectivity index (χ1v) is 7.54. The van der Waals surface area contributed by atoms with Gasteiger partial charge in [0.2, 0.25) is 5.91 Å². The molecule has 2 aromatic rings. The molecule has 0 saturated carbocycles. The van der Waals surface area contributed by atoms with Crippen LogP contribution in [0.4, 0.5) is 0 Å². The minimum absolute atomic E-state index is 0.172. The highest BCUT2D eigenvalue weighted by Gasteiger charge is 2.09. The zero-order valence-corrected chi connectivity index (χ0v) is 14.2. The number of nitrogens with zero attached hydrogens (tertiary/aromatic N) is 2. The van der Waals surface area contributed by atoms with Crippen molar-refractivity contribution in [3.63, 3.8) is 0 Å². The van der Waals surface area contributed by atoms with E-state index in [1.807, 2.05) is 25.6 Å². The van der Waals surface area contributed by atoms with Crippen molar-refractivity contribution in [2.45, 2.75) is 20.4 Å². The van der Waals surface area contributed by atoms with Gasteiger partial charge in [0.15, 0.2) is 0 Å². The summed E-state index contributed by atoms with van der Waals surface area (Å²) in [6, 6.07) is 5.21. The fraction of sp³-hybridized carbons (Fsp3) is 0.250. The van der Waals surface area contributed by atoms with Crippen LogP contribution >= 0.6 is 23.2 Å². The molecule has 22 heavy (non-hydrogen) atoms. The third-order valence-electron chi connectivity index (χ3n) is 3.47. The summed E-state index contributed by atoms with van der Waals surface area (Å²) in [7, 11) is 1.89. The summed E-state index contributed by atoms with van der Waals surface area (Å²) in [6.07, 6.45) is 3.17. The third kappa shape index (κ3) is 3.90. The van der Waals surface area contributed by atoms with Crippen molar-refractivity contribution in [2.24, 2.45) is 7.05 Å². The molecule has 0 aliphatic carbocycles. The van der Waals surface area contributed by atoms with Crippen molar-refractivity contribution in [3.8, 4) is 0 Å². The highest BCUT2D eigenvalue weighted by atomic mass is 35.5. The molecule has 1 aromatic carbocycles. The minimum Gasteiger partial charge on any atom is -0.348 e. The smallest absolute Gasteiger partial charge is 0.244 e. The predicted octanol–water partition coefficient (Wildman–Crippen LogP) is 3.67. The average Bonchev–Trinajstić information content (AvgIpc) is 2.71. The maximum Gasteiger partial charge on any atom is 0.244 e. The quantitative estimate of drug-likeness (QED) is 0.865. The van der Waals surface area contributed by atoms with Crippen LogP contribution in [0, 0.1) is 13.8 Å². The number of hydrogen-bond donors (Lipinski definition) is 1. The molecule has 0 radical (unpaired) electrons. The number of benzene rings is 1. The number of carbonyl (C=O) groups is 1. The highest BCUT2D eigenvalue weighted by Crippen LogP contribution is 2.23. The fourth-order valence-electron chi connectivity index (χ4n) is 2.10. The van der Waals surface area contributed by atoms with Gasteiger partial charge in [-0.3, -0.25) is 9.48 Å². The van der Waals surface area contributed by atoms with Crippen LogP contribution in [0.3, 0.4) is 0 Å². The summed E-state index contributed by atoms with van der Waals surface area (Å²) in [5.74, 6) is -0.172. The molecule has 0 bridgehead atoms. The molecule has 0 spiro atoms. The molecule has 116 valence electrons. The monoisotopic (exact) mass is 337 g/mol. The van der Waals surface area contributed by atoms with Crippen molar-refractivity contribution in [1.29, 1.82) is 0 Å². The number of aryl methyl sites for hydroxylation is 2. The van der Waals surface area contributed by atoms with Crippen molar-refractivity contribution in [1.82, 2.24) is 15.1 Å². The Labute approximate surface area is 139 Å². The number of hydrogen-bond acceptors (Lipinski definition) is 2. The first-order valence-electron chi connectivity index (χ1n) is 6.78. The van der Waals surface area contributed by atoms with Gasteiger partial charge in [-0.05, 0) is 37.6 Å². The zero-order chi connectivity index (χ0) is 16.3. The van der Waals surface area contributed by atoms with E-state index in [0.29, 0.717) is 16.6 Å². The minimum atomic E-state index is -0.172. The highest BCUT2D eigenvalue weighted by molar-refractivity contribution is 6.42. The van der Waals surface area contributed by atoms with Gasteiger partial charge in [0.25, 0.3) is 0 Å². The van der Waals surface area contributed by atoms with Gasteiger partial charge in [0.05, 0.1) is 15.7 Å². The van der Waals surface area contributed by atoms with Crippen LogP contribution in [0.25, 0.3) is 6.08 Å². The molecule has 0 saturated heterocycles. The summed E-state index contributed by atoms with van der Waals surface area (Å²) in [5, 5.41) is 8.13. The van der Waals surface area contributed by atoms with Crippen LogP contribution in [0.5, 0.6) is 0 Å². The lowest BCUT2D eigenvalue weighted by atomic mass is 10.2. The predicted molar refractivity (Wildman–Crippen MR) is 90.0 cm³/mol. The van der Waals surface area contributed by atoms with Crippen molar-refractivity contribution in [3.05, 3.63) is 56.8 Å². The van der Waals surface area contributed by atoms with E-state index in [1.54, 1.807) is 24.3 Å². The topological polar surface area (TPSA) is 46.9 Å². The number of halogens is 2. The third-order valence-corrected chi connectivity index (χ3v) is 4.21. The Balaban J connectivity index is 1.98. The number of nitrogens with one attached hydrogen (secondary N) is 1. The van der Waals surface area contributed by atoms with Crippen molar-refractivity contribution < 1.29 is 4.79 Å². The largest absolute Gasteiger partial charge is 0.348 e. The van der Waals surface area contributed by atoms with Crippen LogP contribution < -0.4 is 5.32 Å². The second kappa shape index (κ2) is 6.99. The number of carbonyl (C=O) groups excluding carboxylic acids is 1. The summed E-state index contributed by atoms with van der Waals surface area (Å²) >= 11 is 11.8. The Kier molecular flexibility index (Phi) is 5.27. The maximum absolute atomic E-state index is 11.9. The van der Waals surface area contributed by atoms with E-state index in [9.17, 15) is 4.79 Å². The van der Waals surface area contributed by atoms with Gasteiger partial charge in [-0.25, -0.2) is 0 Å². The molecule has 4 nitrogen and oxygen atoms in total. The van der Waals surface area contributed by atoms with Gasteiger partial charge >= 0.3 is 0 Å². The fourth-order valence-corrected chi connectivity index (χ4v) is 2.40. The molecule has 1 N–H and O–H groups in total. The second-order valence-electron chi connectivity index (χ2n) is 5.00. The molecule has 6 heteroatoms. The molecule has 0 fully saturated rings. The van der Waals surface area contributed by atoms with E-state index in [0.717, 1.165) is 22.5 Å². The Hall–Kier alpha value is -1.78. The average molecular weight is 338 g/mol. The molecule has 0 aliphatic heterocycles. The first kappa shape index (κ1) is 16.6. The Bertz CT molecular complexity index is 735. The summed E-state index contributed by atoms with van der Waals surface area (Å²) < 4.78 is 1.81. The molecule has 1 aromatic heterocycles. The van der Waals surface area contributed by atoms with E-state index < -0.39 is 0 Å². The van der Waals surface area contributed by atoms with E-state index in [4.69, 9.17) is 23.2 Å². The molecular formula is C16H17Cl2N3O. The number of amides is 1. The van der Waals surface area contributed by atoms with Crippen LogP contribution in [0.1, 0.15) is 22.5 Å². The van der Waals surface area contributed by atoms with Gasteiger partial charge in [-0.15, -0.1) is 0 Å². The van der Waals surface area contributed by atoms with Gasteiger partial charge in [0.1, 0.15) is 0 Å². The molecular weight excluding hydrogens is 321 g/mol. The second-order valence-corrected chi connectivity index (χ2v) is 5.81. The Morgan fingerprint density at radius 2 is 2.05 bits per heavy atom.